The predicted octanol–water partition coefficient (Wildman–Crippen LogP) is 4.47. The zero-order valence-electron chi connectivity index (χ0n) is 10.3. The second-order valence-corrected chi connectivity index (χ2v) is 5.12. The first-order valence-corrected chi connectivity index (χ1v) is 6.63. The summed E-state index contributed by atoms with van der Waals surface area (Å²) in [5, 5.41) is 9.69. The monoisotopic (exact) mass is 321 g/mol. The summed E-state index contributed by atoms with van der Waals surface area (Å²) in [4.78, 5) is 4.37. The van der Waals surface area contributed by atoms with Crippen molar-refractivity contribution in [1.29, 1.82) is 0 Å². The maximum absolute atomic E-state index is 12.8. The van der Waals surface area contributed by atoms with Gasteiger partial charge in [0.1, 0.15) is 11.6 Å². The Kier molecular flexibility index (Phi) is 4.32. The van der Waals surface area contributed by atoms with E-state index < -0.39 is 0 Å². The molecule has 19 heavy (non-hydrogen) atoms. The minimum atomic E-state index is -0.260. The molecule has 2 aromatic carbocycles. The first-order chi connectivity index (χ1) is 9.06. The van der Waals surface area contributed by atoms with Crippen LogP contribution in [-0.2, 0) is 0 Å². The molecule has 0 unspecified atom stereocenters. The molecular formula is C15H13BrFNO. The van der Waals surface area contributed by atoms with Gasteiger partial charge in [0.15, 0.2) is 0 Å². The van der Waals surface area contributed by atoms with Crippen molar-refractivity contribution in [2.24, 2.45) is 4.99 Å². The molecule has 0 amide bonds. The molecule has 2 nitrogen and oxygen atoms in total. The number of phenolic OH excluding ortho intramolecular Hbond substituents is 1. The van der Waals surface area contributed by atoms with E-state index in [0.29, 0.717) is 5.56 Å². The molecule has 98 valence electrons. The fourth-order valence-corrected chi connectivity index (χ4v) is 2.03. The molecule has 1 N–H and O–H groups in total. The number of phenols is 1. The van der Waals surface area contributed by atoms with Crippen LogP contribution in [0.2, 0.25) is 0 Å². The first kappa shape index (κ1) is 13.7. The normalized spacial score (nSPS) is 12.8. The van der Waals surface area contributed by atoms with Gasteiger partial charge in [0.05, 0.1) is 6.04 Å². The van der Waals surface area contributed by atoms with E-state index in [-0.39, 0.29) is 17.6 Å². The van der Waals surface area contributed by atoms with Crippen LogP contribution >= 0.6 is 15.9 Å². The molecule has 0 fully saturated rings. The summed E-state index contributed by atoms with van der Waals surface area (Å²) in [7, 11) is 0. The summed E-state index contributed by atoms with van der Waals surface area (Å²) in [5.74, 6) is -0.0807. The van der Waals surface area contributed by atoms with Crippen LogP contribution in [0.3, 0.4) is 0 Å². The number of hydrogen-bond acceptors (Lipinski definition) is 2. The average Bonchev–Trinajstić information content (AvgIpc) is 2.40. The van der Waals surface area contributed by atoms with Gasteiger partial charge in [-0.05, 0) is 42.8 Å². The highest BCUT2D eigenvalue weighted by Crippen LogP contribution is 2.22. The highest BCUT2D eigenvalue weighted by Gasteiger charge is 2.04. The van der Waals surface area contributed by atoms with E-state index in [1.807, 2.05) is 6.92 Å². The maximum Gasteiger partial charge on any atom is 0.124 e. The molecule has 0 bridgehead atoms. The summed E-state index contributed by atoms with van der Waals surface area (Å²) in [6.07, 6.45) is 1.62. The van der Waals surface area contributed by atoms with Crippen molar-refractivity contribution in [3.8, 4) is 5.75 Å². The van der Waals surface area contributed by atoms with Gasteiger partial charge in [-0.15, -0.1) is 0 Å². The third-order valence-corrected chi connectivity index (χ3v) is 3.27. The molecule has 1 atom stereocenters. The fraction of sp³-hybridized carbons (Fsp3) is 0.133. The minimum Gasteiger partial charge on any atom is -0.507 e. The van der Waals surface area contributed by atoms with Crippen molar-refractivity contribution in [3.63, 3.8) is 0 Å². The molecule has 2 aromatic rings. The summed E-state index contributed by atoms with van der Waals surface area (Å²) in [6.45, 7) is 1.92. The SMILES string of the molecule is C[C@H](N=Cc1cc(Br)ccc1O)c1ccc(F)cc1. The van der Waals surface area contributed by atoms with Gasteiger partial charge in [-0.25, -0.2) is 4.39 Å². The van der Waals surface area contributed by atoms with E-state index in [2.05, 4.69) is 20.9 Å². The second-order valence-electron chi connectivity index (χ2n) is 4.21. The van der Waals surface area contributed by atoms with Crippen LogP contribution in [0.4, 0.5) is 4.39 Å². The van der Waals surface area contributed by atoms with Crippen LogP contribution in [0.15, 0.2) is 51.9 Å². The molecular weight excluding hydrogens is 309 g/mol. The van der Waals surface area contributed by atoms with Gasteiger partial charge in [0, 0.05) is 16.3 Å². The summed E-state index contributed by atoms with van der Waals surface area (Å²) < 4.78 is 13.7. The van der Waals surface area contributed by atoms with Crippen molar-refractivity contribution in [3.05, 3.63) is 63.9 Å². The quantitative estimate of drug-likeness (QED) is 0.831. The molecule has 0 aliphatic rings. The predicted molar refractivity (Wildman–Crippen MR) is 78.2 cm³/mol. The lowest BCUT2D eigenvalue weighted by molar-refractivity contribution is 0.474. The van der Waals surface area contributed by atoms with E-state index in [4.69, 9.17) is 0 Å². The lowest BCUT2D eigenvalue weighted by Gasteiger charge is -2.06. The third-order valence-electron chi connectivity index (χ3n) is 2.78. The lowest BCUT2D eigenvalue weighted by Crippen LogP contribution is -1.92. The number of halogens is 2. The van der Waals surface area contributed by atoms with Crippen LogP contribution < -0.4 is 0 Å². The Labute approximate surface area is 119 Å². The number of aliphatic imine (C=N–C) groups is 1. The Balaban J connectivity index is 2.18. The van der Waals surface area contributed by atoms with E-state index in [0.717, 1.165) is 10.0 Å². The van der Waals surface area contributed by atoms with E-state index in [9.17, 15) is 9.50 Å². The van der Waals surface area contributed by atoms with Gasteiger partial charge in [0.25, 0.3) is 0 Å². The largest absolute Gasteiger partial charge is 0.507 e. The van der Waals surface area contributed by atoms with Gasteiger partial charge in [0.2, 0.25) is 0 Å². The molecule has 0 aliphatic heterocycles. The third kappa shape index (κ3) is 3.64. The molecule has 2 rings (SSSR count). The van der Waals surface area contributed by atoms with Crippen LogP contribution in [0.5, 0.6) is 5.75 Å². The molecule has 0 saturated heterocycles. The molecule has 0 spiro atoms. The van der Waals surface area contributed by atoms with E-state index in [1.54, 1.807) is 36.5 Å². The Morgan fingerprint density at radius 1 is 1.21 bits per heavy atom. The molecule has 0 radical (unpaired) electrons. The highest BCUT2D eigenvalue weighted by atomic mass is 79.9. The number of nitrogens with zero attached hydrogens (tertiary/aromatic N) is 1. The van der Waals surface area contributed by atoms with Gasteiger partial charge in [-0.1, -0.05) is 28.1 Å². The van der Waals surface area contributed by atoms with Crippen LogP contribution in [0.1, 0.15) is 24.1 Å². The molecule has 0 saturated carbocycles. The topological polar surface area (TPSA) is 32.6 Å². The lowest BCUT2D eigenvalue weighted by atomic mass is 10.1. The number of benzene rings is 2. The van der Waals surface area contributed by atoms with Gasteiger partial charge < -0.3 is 5.11 Å². The molecule has 0 heterocycles. The number of hydrogen-bond donors (Lipinski definition) is 1. The minimum absolute atomic E-state index is 0.0982. The fourth-order valence-electron chi connectivity index (χ4n) is 1.65. The maximum atomic E-state index is 12.8. The van der Waals surface area contributed by atoms with Crippen LogP contribution in [-0.4, -0.2) is 11.3 Å². The zero-order valence-corrected chi connectivity index (χ0v) is 11.9. The Morgan fingerprint density at radius 3 is 2.58 bits per heavy atom. The molecule has 0 aliphatic carbocycles. The van der Waals surface area contributed by atoms with E-state index in [1.165, 1.54) is 12.1 Å². The van der Waals surface area contributed by atoms with E-state index >= 15 is 0 Å². The van der Waals surface area contributed by atoms with Crippen molar-refractivity contribution in [1.82, 2.24) is 0 Å². The second kappa shape index (κ2) is 5.97. The zero-order chi connectivity index (χ0) is 13.8. The standard InChI is InChI=1S/C15H13BrFNO/c1-10(11-2-5-14(17)6-3-11)18-9-12-8-13(16)4-7-15(12)19/h2-10,19H,1H3/t10-/m0/s1. The van der Waals surface area contributed by atoms with Gasteiger partial charge in [-0.2, -0.15) is 0 Å². The number of aromatic hydroxyl groups is 1. The van der Waals surface area contributed by atoms with Crippen molar-refractivity contribution in [2.75, 3.05) is 0 Å². The molecule has 4 heteroatoms. The van der Waals surface area contributed by atoms with Crippen LogP contribution in [0.25, 0.3) is 0 Å². The summed E-state index contributed by atoms with van der Waals surface area (Å²) >= 11 is 3.34. The van der Waals surface area contributed by atoms with Crippen molar-refractivity contribution in [2.45, 2.75) is 13.0 Å². The van der Waals surface area contributed by atoms with Gasteiger partial charge >= 0.3 is 0 Å². The van der Waals surface area contributed by atoms with Gasteiger partial charge in [-0.3, -0.25) is 4.99 Å². The average molecular weight is 322 g/mol. The smallest absolute Gasteiger partial charge is 0.124 e. The summed E-state index contributed by atoms with van der Waals surface area (Å²) in [5.41, 5.74) is 1.57. The molecule has 0 aromatic heterocycles. The summed E-state index contributed by atoms with van der Waals surface area (Å²) in [6, 6.07) is 11.3. The van der Waals surface area contributed by atoms with Crippen molar-refractivity contribution < 1.29 is 9.50 Å². The Bertz CT molecular complexity index is 596. The Morgan fingerprint density at radius 2 is 1.89 bits per heavy atom. The first-order valence-electron chi connectivity index (χ1n) is 5.83. The Hall–Kier alpha value is -1.68. The van der Waals surface area contributed by atoms with Crippen LogP contribution in [0, 0.1) is 5.82 Å². The highest BCUT2D eigenvalue weighted by molar-refractivity contribution is 9.10. The number of rotatable bonds is 3. The van der Waals surface area contributed by atoms with Crippen molar-refractivity contribution >= 4 is 22.1 Å².